The van der Waals surface area contributed by atoms with E-state index in [1.165, 1.54) is 12.1 Å². The number of esters is 1. The molecule has 2 aromatic rings. The monoisotopic (exact) mass is 396 g/mol. The molecule has 0 aromatic heterocycles. The van der Waals surface area contributed by atoms with Crippen molar-refractivity contribution in [2.24, 2.45) is 0 Å². The molecule has 27 heavy (non-hydrogen) atoms. The summed E-state index contributed by atoms with van der Waals surface area (Å²) in [5, 5.41) is 38.3. The molecule has 0 fully saturated rings. The van der Waals surface area contributed by atoms with Crippen LogP contribution in [0.4, 0.5) is 11.4 Å². The molecule has 0 saturated carbocycles. The number of ether oxygens (including phenoxy) is 1. The van der Waals surface area contributed by atoms with Crippen LogP contribution in [0.3, 0.4) is 0 Å². The Morgan fingerprint density at radius 2 is 1.70 bits per heavy atom. The molecule has 0 aliphatic rings. The lowest BCUT2D eigenvalue weighted by atomic mass is 9.89. The van der Waals surface area contributed by atoms with Gasteiger partial charge in [-0.2, -0.15) is 10.5 Å². The van der Waals surface area contributed by atoms with E-state index in [9.17, 15) is 25.2 Å². The maximum atomic E-state index is 12.9. The summed E-state index contributed by atoms with van der Waals surface area (Å²) in [6.07, 6.45) is 0. The van der Waals surface area contributed by atoms with E-state index in [1.54, 1.807) is 25.1 Å². The van der Waals surface area contributed by atoms with E-state index in [0.717, 1.165) is 12.1 Å². The fourth-order valence-electron chi connectivity index (χ4n) is 2.55. The molecule has 4 N–H and O–H groups in total. The van der Waals surface area contributed by atoms with Gasteiger partial charge in [0, 0.05) is 11.1 Å². The van der Waals surface area contributed by atoms with Gasteiger partial charge >= 0.3 is 5.97 Å². The van der Waals surface area contributed by atoms with Crippen molar-refractivity contribution in [2.45, 2.75) is 12.8 Å². The van der Waals surface area contributed by atoms with Crippen molar-refractivity contribution in [1.82, 2.24) is 0 Å². The molecular formula is C17H17ClN2O7. The second kappa shape index (κ2) is 9.02. The van der Waals surface area contributed by atoms with Crippen molar-refractivity contribution in [3.05, 3.63) is 69.0 Å². The third-order valence-electron chi connectivity index (χ3n) is 3.75. The summed E-state index contributed by atoms with van der Waals surface area (Å²) in [5.41, 5.74) is -1.03. The standard InChI is InChI=1S/C17H17ClN2O7/c1-2-27-17(22)15(16(21)10-6-4-3-5-7-10)11-8-12(18)14(20(25)26)9-13(11)19(23)24/h3-9,15,19-20,23,25H,2H2,1H3/t15-/m0/s1. The molecule has 0 amide bonds. The lowest BCUT2D eigenvalue weighted by Gasteiger charge is -2.23. The van der Waals surface area contributed by atoms with E-state index in [0.29, 0.717) is 0 Å². The number of Topliss-reactive ketones (excluding diaryl/α,β-unsaturated/α-hetero) is 1. The summed E-state index contributed by atoms with van der Waals surface area (Å²) in [4.78, 5) is 25.4. The number of ketones is 1. The third kappa shape index (κ3) is 4.67. The Bertz CT molecular complexity index is 828. The molecule has 2 unspecified atom stereocenters. The van der Waals surface area contributed by atoms with Gasteiger partial charge in [0.05, 0.1) is 12.7 Å². The lowest BCUT2D eigenvalue weighted by Crippen LogP contribution is -3.01. The van der Waals surface area contributed by atoms with E-state index in [4.69, 9.17) is 21.5 Å². The third-order valence-corrected chi connectivity index (χ3v) is 4.07. The number of benzene rings is 2. The molecule has 0 aliphatic heterocycles. The Morgan fingerprint density at radius 3 is 2.22 bits per heavy atom. The predicted octanol–water partition coefficient (Wildman–Crippen LogP) is 0.676. The molecule has 10 heteroatoms. The van der Waals surface area contributed by atoms with Crippen molar-refractivity contribution in [2.75, 3.05) is 6.61 Å². The maximum Gasteiger partial charge on any atom is 0.321 e. The van der Waals surface area contributed by atoms with Crippen molar-refractivity contribution in [1.29, 1.82) is 0 Å². The average molecular weight is 397 g/mol. The molecule has 0 saturated heterocycles. The van der Waals surface area contributed by atoms with Crippen LogP contribution >= 0.6 is 11.6 Å². The van der Waals surface area contributed by atoms with Gasteiger partial charge in [-0.15, -0.1) is 0 Å². The lowest BCUT2D eigenvalue weighted by molar-refractivity contribution is -0.996. The fourth-order valence-corrected chi connectivity index (χ4v) is 2.80. The number of nitrogens with one attached hydrogen (secondary N) is 2. The SMILES string of the molecule is CCOC(=O)[C@H](C(=O)c1ccccc1)c1cc(Cl)c([NH+]([O-])O)cc1[NH+]([O-])O. The van der Waals surface area contributed by atoms with Gasteiger partial charge in [0.15, 0.2) is 23.1 Å². The van der Waals surface area contributed by atoms with E-state index >= 15 is 0 Å². The number of carbonyl (C=O) groups is 2. The molecule has 0 heterocycles. The van der Waals surface area contributed by atoms with E-state index in [-0.39, 0.29) is 22.8 Å². The highest BCUT2D eigenvalue weighted by Crippen LogP contribution is 2.33. The minimum absolute atomic E-state index is 0.0270. The number of quaternary nitrogens is 2. The normalized spacial score (nSPS) is 14.3. The molecule has 2 rings (SSSR count). The molecular weight excluding hydrogens is 380 g/mol. The van der Waals surface area contributed by atoms with Gasteiger partial charge < -0.3 is 15.2 Å². The highest BCUT2D eigenvalue weighted by Gasteiger charge is 2.36. The minimum atomic E-state index is -1.60. The zero-order valence-electron chi connectivity index (χ0n) is 14.1. The van der Waals surface area contributed by atoms with Crippen LogP contribution in [-0.2, 0) is 9.53 Å². The molecule has 9 nitrogen and oxygen atoms in total. The van der Waals surface area contributed by atoms with Crippen LogP contribution in [-0.4, -0.2) is 28.8 Å². The molecule has 144 valence electrons. The zero-order chi connectivity index (χ0) is 20.1. The van der Waals surface area contributed by atoms with E-state index in [1.807, 2.05) is 0 Å². The molecule has 0 radical (unpaired) electrons. The molecule has 0 aliphatic carbocycles. The Kier molecular flexibility index (Phi) is 6.99. The van der Waals surface area contributed by atoms with Crippen molar-refractivity contribution < 1.29 is 35.2 Å². The molecule has 2 aromatic carbocycles. The summed E-state index contributed by atoms with van der Waals surface area (Å²) in [6, 6.07) is 9.65. The topological polar surface area (TPSA) is 139 Å². The summed E-state index contributed by atoms with van der Waals surface area (Å²) in [5.74, 6) is -3.23. The molecule has 0 bridgehead atoms. The van der Waals surface area contributed by atoms with Gasteiger partial charge in [-0.05, 0) is 13.0 Å². The molecule has 0 spiro atoms. The van der Waals surface area contributed by atoms with Crippen molar-refractivity contribution in [3.63, 3.8) is 0 Å². The van der Waals surface area contributed by atoms with E-state index in [2.05, 4.69) is 0 Å². The number of hydrogen-bond acceptors (Lipinski definition) is 7. The Morgan fingerprint density at radius 1 is 1.11 bits per heavy atom. The predicted molar refractivity (Wildman–Crippen MR) is 93.2 cm³/mol. The summed E-state index contributed by atoms with van der Waals surface area (Å²) >= 11 is 5.94. The first kappa shape index (κ1) is 20.9. The maximum absolute atomic E-state index is 12.9. The van der Waals surface area contributed by atoms with Crippen LogP contribution in [0.25, 0.3) is 0 Å². The number of halogens is 1. The van der Waals surface area contributed by atoms with Crippen LogP contribution in [0.5, 0.6) is 0 Å². The first-order valence-corrected chi connectivity index (χ1v) is 8.21. The second-order valence-electron chi connectivity index (χ2n) is 5.44. The van der Waals surface area contributed by atoms with Crippen LogP contribution < -0.4 is 10.5 Å². The summed E-state index contributed by atoms with van der Waals surface area (Å²) in [6.45, 7) is 1.52. The largest absolute Gasteiger partial charge is 0.595 e. The van der Waals surface area contributed by atoms with Crippen LogP contribution in [0, 0.1) is 10.4 Å². The summed E-state index contributed by atoms with van der Waals surface area (Å²) in [7, 11) is 0. The van der Waals surface area contributed by atoms with Gasteiger partial charge in [-0.3, -0.25) is 9.59 Å². The quantitative estimate of drug-likeness (QED) is 0.233. The Balaban J connectivity index is 2.66. The fraction of sp³-hybridized carbons (Fsp3) is 0.176. The Labute approximate surface area is 159 Å². The summed E-state index contributed by atoms with van der Waals surface area (Å²) < 4.78 is 4.94. The Hall–Kier alpha value is -2.37. The van der Waals surface area contributed by atoms with Gasteiger partial charge in [-0.1, -0.05) is 41.9 Å². The van der Waals surface area contributed by atoms with Crippen LogP contribution in [0.15, 0.2) is 42.5 Å². The zero-order valence-corrected chi connectivity index (χ0v) is 14.9. The average Bonchev–Trinajstić information content (AvgIpc) is 2.62. The second-order valence-corrected chi connectivity index (χ2v) is 5.85. The van der Waals surface area contributed by atoms with Crippen molar-refractivity contribution in [3.8, 4) is 0 Å². The van der Waals surface area contributed by atoms with Gasteiger partial charge in [0.25, 0.3) is 0 Å². The number of hydrogen-bond donors (Lipinski definition) is 4. The highest BCUT2D eigenvalue weighted by atomic mass is 35.5. The highest BCUT2D eigenvalue weighted by molar-refractivity contribution is 6.33. The van der Waals surface area contributed by atoms with E-state index < -0.39 is 39.5 Å². The van der Waals surface area contributed by atoms with Gasteiger partial charge in [0.2, 0.25) is 0 Å². The van der Waals surface area contributed by atoms with Crippen LogP contribution in [0.1, 0.15) is 28.8 Å². The minimum Gasteiger partial charge on any atom is -0.595 e. The number of rotatable bonds is 7. The molecule has 3 atom stereocenters. The van der Waals surface area contributed by atoms with Gasteiger partial charge in [-0.25, -0.2) is 10.4 Å². The van der Waals surface area contributed by atoms with Crippen LogP contribution in [0.2, 0.25) is 5.02 Å². The smallest absolute Gasteiger partial charge is 0.321 e. The first-order chi connectivity index (χ1) is 12.8. The van der Waals surface area contributed by atoms with Crippen molar-refractivity contribution >= 4 is 34.7 Å². The van der Waals surface area contributed by atoms with Gasteiger partial charge in [0.1, 0.15) is 5.02 Å². The number of carbonyl (C=O) groups excluding carboxylic acids is 2. The first-order valence-electron chi connectivity index (χ1n) is 7.83.